The standard InChI is InChI=1S/C14H13F2N/c1-10-5-6-11(7-14(10)16)9-17-13-4-2-3-12(15)8-13/h2-8,17H,9H2,1H3. The van der Waals surface area contributed by atoms with Crippen LogP contribution < -0.4 is 5.32 Å². The Kier molecular flexibility index (Phi) is 3.38. The molecule has 2 rings (SSSR count). The van der Waals surface area contributed by atoms with Gasteiger partial charge < -0.3 is 5.32 Å². The maximum Gasteiger partial charge on any atom is 0.126 e. The summed E-state index contributed by atoms with van der Waals surface area (Å²) in [5.41, 5.74) is 2.14. The lowest BCUT2D eigenvalue weighted by molar-refractivity contribution is 0.616. The van der Waals surface area contributed by atoms with Crippen molar-refractivity contribution < 1.29 is 8.78 Å². The van der Waals surface area contributed by atoms with Gasteiger partial charge in [-0.15, -0.1) is 0 Å². The summed E-state index contributed by atoms with van der Waals surface area (Å²) >= 11 is 0. The van der Waals surface area contributed by atoms with Crippen LogP contribution >= 0.6 is 0 Å². The van der Waals surface area contributed by atoms with E-state index in [4.69, 9.17) is 0 Å². The molecule has 3 heteroatoms. The molecule has 0 aromatic heterocycles. The second-order valence-electron chi connectivity index (χ2n) is 3.95. The molecule has 0 saturated carbocycles. The molecule has 0 amide bonds. The van der Waals surface area contributed by atoms with E-state index in [1.807, 2.05) is 6.07 Å². The Bertz CT molecular complexity index is 523. The van der Waals surface area contributed by atoms with Crippen LogP contribution in [0.5, 0.6) is 0 Å². The van der Waals surface area contributed by atoms with E-state index in [2.05, 4.69) is 5.32 Å². The molecular weight excluding hydrogens is 220 g/mol. The number of benzene rings is 2. The lowest BCUT2D eigenvalue weighted by atomic mass is 10.1. The number of halogens is 2. The fourth-order valence-electron chi connectivity index (χ4n) is 1.55. The number of nitrogens with one attached hydrogen (secondary N) is 1. The number of hydrogen-bond acceptors (Lipinski definition) is 1. The Morgan fingerprint density at radius 3 is 2.59 bits per heavy atom. The summed E-state index contributed by atoms with van der Waals surface area (Å²) in [6, 6.07) is 11.3. The lowest BCUT2D eigenvalue weighted by Gasteiger charge is -2.07. The highest BCUT2D eigenvalue weighted by molar-refractivity contribution is 5.43. The van der Waals surface area contributed by atoms with Gasteiger partial charge in [-0.25, -0.2) is 8.78 Å². The van der Waals surface area contributed by atoms with E-state index in [0.29, 0.717) is 17.8 Å². The summed E-state index contributed by atoms with van der Waals surface area (Å²) in [4.78, 5) is 0. The molecule has 1 N–H and O–H groups in total. The summed E-state index contributed by atoms with van der Waals surface area (Å²) < 4.78 is 26.2. The molecule has 0 atom stereocenters. The van der Waals surface area contributed by atoms with Crippen molar-refractivity contribution >= 4 is 5.69 Å². The van der Waals surface area contributed by atoms with Crippen molar-refractivity contribution in [3.05, 3.63) is 65.2 Å². The average molecular weight is 233 g/mol. The quantitative estimate of drug-likeness (QED) is 0.848. The Labute approximate surface area is 99.1 Å². The molecule has 0 radical (unpaired) electrons. The molecule has 2 aromatic rings. The normalized spacial score (nSPS) is 10.3. The summed E-state index contributed by atoms with van der Waals surface area (Å²) in [6.45, 7) is 2.19. The molecule has 1 nitrogen and oxygen atoms in total. The van der Waals surface area contributed by atoms with Crippen molar-refractivity contribution in [1.29, 1.82) is 0 Å². The van der Waals surface area contributed by atoms with Gasteiger partial charge in [0.25, 0.3) is 0 Å². The van der Waals surface area contributed by atoms with Gasteiger partial charge >= 0.3 is 0 Å². The van der Waals surface area contributed by atoms with Crippen molar-refractivity contribution in [2.24, 2.45) is 0 Å². The van der Waals surface area contributed by atoms with Gasteiger partial charge in [-0.2, -0.15) is 0 Å². The second-order valence-corrected chi connectivity index (χ2v) is 3.95. The molecule has 88 valence electrons. The van der Waals surface area contributed by atoms with Crippen LogP contribution in [-0.4, -0.2) is 0 Å². The molecule has 0 aliphatic carbocycles. The second kappa shape index (κ2) is 4.95. The van der Waals surface area contributed by atoms with E-state index in [-0.39, 0.29) is 11.6 Å². The Hall–Kier alpha value is -1.90. The number of hydrogen-bond donors (Lipinski definition) is 1. The Morgan fingerprint density at radius 2 is 1.88 bits per heavy atom. The third kappa shape index (κ3) is 3.03. The van der Waals surface area contributed by atoms with Crippen molar-refractivity contribution in [3.63, 3.8) is 0 Å². The smallest absolute Gasteiger partial charge is 0.126 e. The van der Waals surface area contributed by atoms with Gasteiger partial charge in [-0.3, -0.25) is 0 Å². The molecule has 0 fully saturated rings. The predicted octanol–water partition coefficient (Wildman–Crippen LogP) is 3.89. The molecule has 0 aliphatic heterocycles. The minimum atomic E-state index is -0.287. The molecule has 0 bridgehead atoms. The topological polar surface area (TPSA) is 12.0 Å². The first-order chi connectivity index (χ1) is 8.15. The minimum absolute atomic E-state index is 0.219. The molecular formula is C14H13F2N. The average Bonchev–Trinajstić information content (AvgIpc) is 2.31. The molecule has 2 aromatic carbocycles. The van der Waals surface area contributed by atoms with Crippen LogP contribution in [0.2, 0.25) is 0 Å². The van der Waals surface area contributed by atoms with Gasteiger partial charge in [0.05, 0.1) is 0 Å². The minimum Gasteiger partial charge on any atom is -0.381 e. The summed E-state index contributed by atoms with van der Waals surface area (Å²) in [5, 5.41) is 3.04. The van der Waals surface area contributed by atoms with Crippen molar-refractivity contribution in [1.82, 2.24) is 0 Å². The van der Waals surface area contributed by atoms with Gasteiger partial charge in [-0.1, -0.05) is 18.2 Å². The van der Waals surface area contributed by atoms with Crippen LogP contribution in [0.3, 0.4) is 0 Å². The zero-order chi connectivity index (χ0) is 12.3. The molecule has 17 heavy (non-hydrogen) atoms. The highest BCUT2D eigenvalue weighted by atomic mass is 19.1. The number of anilines is 1. The first-order valence-electron chi connectivity index (χ1n) is 5.39. The van der Waals surface area contributed by atoms with Crippen LogP contribution in [0, 0.1) is 18.6 Å². The first kappa shape index (κ1) is 11.6. The molecule has 0 saturated heterocycles. The third-order valence-electron chi connectivity index (χ3n) is 2.56. The fourth-order valence-corrected chi connectivity index (χ4v) is 1.55. The monoisotopic (exact) mass is 233 g/mol. The van der Waals surface area contributed by atoms with Crippen LogP contribution in [-0.2, 0) is 6.54 Å². The maximum atomic E-state index is 13.3. The van der Waals surface area contributed by atoms with E-state index >= 15 is 0 Å². The largest absolute Gasteiger partial charge is 0.381 e. The number of aryl methyl sites for hydroxylation is 1. The molecule has 0 spiro atoms. The van der Waals surface area contributed by atoms with Crippen molar-refractivity contribution in [3.8, 4) is 0 Å². The van der Waals surface area contributed by atoms with Crippen molar-refractivity contribution in [2.75, 3.05) is 5.32 Å². The van der Waals surface area contributed by atoms with Gasteiger partial charge in [0, 0.05) is 12.2 Å². The zero-order valence-electron chi connectivity index (χ0n) is 9.50. The summed E-state index contributed by atoms with van der Waals surface area (Å²) in [7, 11) is 0. The summed E-state index contributed by atoms with van der Waals surface area (Å²) in [6.07, 6.45) is 0. The van der Waals surface area contributed by atoms with Crippen LogP contribution in [0.1, 0.15) is 11.1 Å². The molecule has 0 aliphatic rings. The Morgan fingerprint density at radius 1 is 1.06 bits per heavy atom. The maximum absolute atomic E-state index is 13.3. The van der Waals surface area contributed by atoms with Gasteiger partial charge in [-0.05, 0) is 42.3 Å². The van der Waals surface area contributed by atoms with Gasteiger partial charge in [0.15, 0.2) is 0 Å². The Balaban J connectivity index is 2.05. The van der Waals surface area contributed by atoms with E-state index < -0.39 is 0 Å². The van der Waals surface area contributed by atoms with Gasteiger partial charge in [0.1, 0.15) is 11.6 Å². The predicted molar refractivity (Wildman–Crippen MR) is 64.9 cm³/mol. The summed E-state index contributed by atoms with van der Waals surface area (Å²) in [5.74, 6) is -0.506. The molecule has 0 unspecified atom stereocenters. The third-order valence-corrected chi connectivity index (χ3v) is 2.56. The van der Waals surface area contributed by atoms with E-state index in [1.165, 1.54) is 18.2 Å². The van der Waals surface area contributed by atoms with Crippen molar-refractivity contribution in [2.45, 2.75) is 13.5 Å². The van der Waals surface area contributed by atoms with Crippen LogP contribution in [0.4, 0.5) is 14.5 Å². The number of rotatable bonds is 3. The lowest BCUT2D eigenvalue weighted by Crippen LogP contribution is -2.00. The molecule has 0 heterocycles. The highest BCUT2D eigenvalue weighted by Crippen LogP contribution is 2.13. The highest BCUT2D eigenvalue weighted by Gasteiger charge is 2.00. The van der Waals surface area contributed by atoms with Gasteiger partial charge in [0.2, 0.25) is 0 Å². The first-order valence-corrected chi connectivity index (χ1v) is 5.39. The van der Waals surface area contributed by atoms with E-state index in [0.717, 1.165) is 5.56 Å². The zero-order valence-corrected chi connectivity index (χ0v) is 9.50. The van der Waals surface area contributed by atoms with Crippen LogP contribution in [0.15, 0.2) is 42.5 Å². The fraction of sp³-hybridized carbons (Fsp3) is 0.143. The van der Waals surface area contributed by atoms with Crippen LogP contribution in [0.25, 0.3) is 0 Å². The van der Waals surface area contributed by atoms with E-state index in [9.17, 15) is 8.78 Å². The van der Waals surface area contributed by atoms with E-state index in [1.54, 1.807) is 25.1 Å². The SMILES string of the molecule is Cc1ccc(CNc2cccc(F)c2)cc1F.